The number of hydrogen-bond donors (Lipinski definition) is 1. The number of nitrogens with one attached hydrogen (secondary N) is 1. The van der Waals surface area contributed by atoms with Crippen molar-refractivity contribution in [1.82, 2.24) is 0 Å². The first kappa shape index (κ1) is 15.5. The smallest absolute Gasteiger partial charge is 0.292 e. The molecule has 0 saturated heterocycles. The molecule has 106 valence electrons. The summed E-state index contributed by atoms with van der Waals surface area (Å²) >= 11 is 0. The summed E-state index contributed by atoms with van der Waals surface area (Å²) in [4.78, 5) is 10.8. The Balaban J connectivity index is 2.85. The third kappa shape index (κ3) is 4.89. The Morgan fingerprint density at radius 1 is 1.26 bits per heavy atom. The van der Waals surface area contributed by atoms with Crippen molar-refractivity contribution < 1.29 is 4.92 Å². The number of nitrogens with zero attached hydrogens (tertiary/aromatic N) is 1. The van der Waals surface area contributed by atoms with Crippen molar-refractivity contribution in [3.8, 4) is 0 Å². The number of nitro benzene ring substituents is 1. The van der Waals surface area contributed by atoms with Crippen LogP contribution >= 0.6 is 0 Å². The summed E-state index contributed by atoms with van der Waals surface area (Å²) in [6.07, 6.45) is 5.50. The monoisotopic (exact) mass is 264 g/mol. The molecule has 1 N–H and O–H groups in total. The van der Waals surface area contributed by atoms with Crippen molar-refractivity contribution in [1.29, 1.82) is 0 Å². The van der Waals surface area contributed by atoms with Crippen LogP contribution in [0.2, 0.25) is 0 Å². The second kappa shape index (κ2) is 7.77. The van der Waals surface area contributed by atoms with Crippen LogP contribution in [0, 0.1) is 17.0 Å². The fourth-order valence-corrected chi connectivity index (χ4v) is 2.22. The van der Waals surface area contributed by atoms with Gasteiger partial charge in [-0.05, 0) is 31.4 Å². The van der Waals surface area contributed by atoms with Gasteiger partial charge in [0.25, 0.3) is 5.69 Å². The summed E-state index contributed by atoms with van der Waals surface area (Å²) in [5.74, 6) is 0. The molecular weight excluding hydrogens is 240 g/mol. The lowest BCUT2D eigenvalue weighted by Crippen LogP contribution is -2.19. The summed E-state index contributed by atoms with van der Waals surface area (Å²) in [5.41, 5.74) is 1.74. The maximum atomic E-state index is 11.1. The van der Waals surface area contributed by atoms with Gasteiger partial charge in [-0.3, -0.25) is 10.1 Å². The van der Waals surface area contributed by atoms with Crippen molar-refractivity contribution in [3.63, 3.8) is 0 Å². The minimum absolute atomic E-state index is 0.178. The molecule has 1 aromatic carbocycles. The molecule has 0 heterocycles. The van der Waals surface area contributed by atoms with Gasteiger partial charge in [-0.2, -0.15) is 0 Å². The third-order valence-corrected chi connectivity index (χ3v) is 3.25. The van der Waals surface area contributed by atoms with Gasteiger partial charge in [-0.25, -0.2) is 0 Å². The Morgan fingerprint density at radius 2 is 2.00 bits per heavy atom. The number of nitro groups is 1. The van der Waals surface area contributed by atoms with E-state index in [2.05, 4.69) is 19.2 Å². The summed E-state index contributed by atoms with van der Waals surface area (Å²) in [5, 5.41) is 14.4. The Kier molecular flexibility index (Phi) is 6.33. The molecule has 0 radical (unpaired) electrons. The molecule has 4 nitrogen and oxygen atoms in total. The molecule has 0 amide bonds. The zero-order chi connectivity index (χ0) is 14.3. The second-order valence-corrected chi connectivity index (χ2v) is 5.05. The fourth-order valence-electron chi connectivity index (χ4n) is 2.22. The molecule has 0 saturated carbocycles. The van der Waals surface area contributed by atoms with E-state index in [1.54, 1.807) is 6.07 Å². The molecule has 0 aliphatic heterocycles. The SMILES string of the molecule is CCCCC(CCC)Nc1ccc(C)cc1[N+](=O)[O-]. The van der Waals surface area contributed by atoms with Crippen LogP contribution < -0.4 is 5.32 Å². The largest absolute Gasteiger partial charge is 0.377 e. The van der Waals surface area contributed by atoms with E-state index in [-0.39, 0.29) is 10.6 Å². The molecule has 0 aromatic heterocycles. The summed E-state index contributed by atoms with van der Waals surface area (Å²) < 4.78 is 0. The molecule has 4 heteroatoms. The maximum absolute atomic E-state index is 11.1. The molecule has 1 atom stereocenters. The number of anilines is 1. The number of unbranched alkanes of at least 4 members (excludes halogenated alkanes) is 1. The Labute approximate surface area is 115 Å². The van der Waals surface area contributed by atoms with E-state index in [9.17, 15) is 10.1 Å². The average Bonchev–Trinajstić information content (AvgIpc) is 2.38. The topological polar surface area (TPSA) is 55.2 Å². The molecule has 0 aliphatic rings. The summed E-state index contributed by atoms with van der Waals surface area (Å²) in [6.45, 7) is 6.18. The molecular formula is C15H24N2O2. The van der Waals surface area contributed by atoms with Gasteiger partial charge in [-0.1, -0.05) is 39.2 Å². The predicted molar refractivity (Wildman–Crippen MR) is 79.7 cm³/mol. The van der Waals surface area contributed by atoms with Crippen LogP contribution in [0.15, 0.2) is 18.2 Å². The first-order valence-electron chi connectivity index (χ1n) is 7.10. The standard InChI is InChI=1S/C15H24N2O2/c1-4-6-8-13(7-5-2)16-14-10-9-12(3)11-15(14)17(18)19/h9-11,13,16H,4-8H2,1-3H3. The van der Waals surface area contributed by atoms with Crippen molar-refractivity contribution in [2.75, 3.05) is 5.32 Å². The highest BCUT2D eigenvalue weighted by Crippen LogP contribution is 2.27. The van der Waals surface area contributed by atoms with Crippen LogP contribution in [-0.2, 0) is 0 Å². The summed E-state index contributed by atoms with van der Waals surface area (Å²) in [6, 6.07) is 5.69. The molecule has 1 rings (SSSR count). The van der Waals surface area contributed by atoms with E-state index < -0.39 is 0 Å². The van der Waals surface area contributed by atoms with Gasteiger partial charge in [0.05, 0.1) is 4.92 Å². The summed E-state index contributed by atoms with van der Waals surface area (Å²) in [7, 11) is 0. The lowest BCUT2D eigenvalue weighted by atomic mass is 10.0. The highest BCUT2D eigenvalue weighted by atomic mass is 16.6. The highest BCUT2D eigenvalue weighted by Gasteiger charge is 2.16. The number of benzene rings is 1. The minimum atomic E-state index is -0.307. The van der Waals surface area contributed by atoms with Gasteiger partial charge in [0, 0.05) is 12.1 Å². The van der Waals surface area contributed by atoms with Crippen LogP contribution in [0.25, 0.3) is 0 Å². The minimum Gasteiger partial charge on any atom is -0.377 e. The van der Waals surface area contributed by atoms with Crippen molar-refractivity contribution in [2.24, 2.45) is 0 Å². The average molecular weight is 264 g/mol. The Bertz CT molecular complexity index is 419. The Morgan fingerprint density at radius 3 is 2.58 bits per heavy atom. The van der Waals surface area contributed by atoms with Crippen LogP contribution in [0.3, 0.4) is 0 Å². The normalized spacial score (nSPS) is 12.2. The van der Waals surface area contributed by atoms with Crippen LogP contribution in [0.5, 0.6) is 0 Å². The number of aryl methyl sites for hydroxylation is 1. The van der Waals surface area contributed by atoms with Crippen molar-refractivity contribution >= 4 is 11.4 Å². The van der Waals surface area contributed by atoms with E-state index in [4.69, 9.17) is 0 Å². The zero-order valence-electron chi connectivity index (χ0n) is 12.1. The number of rotatable bonds is 8. The van der Waals surface area contributed by atoms with Gasteiger partial charge in [-0.15, -0.1) is 0 Å². The molecule has 0 bridgehead atoms. The molecule has 0 aliphatic carbocycles. The van der Waals surface area contributed by atoms with Gasteiger partial charge in [0.2, 0.25) is 0 Å². The van der Waals surface area contributed by atoms with Crippen molar-refractivity contribution in [3.05, 3.63) is 33.9 Å². The maximum Gasteiger partial charge on any atom is 0.292 e. The van der Waals surface area contributed by atoms with E-state index in [0.29, 0.717) is 11.7 Å². The predicted octanol–water partition coefficient (Wildman–Crippen LogP) is 4.67. The highest BCUT2D eigenvalue weighted by molar-refractivity contribution is 5.62. The van der Waals surface area contributed by atoms with Gasteiger partial charge >= 0.3 is 0 Å². The lowest BCUT2D eigenvalue weighted by Gasteiger charge is -2.19. The van der Waals surface area contributed by atoms with E-state index in [1.165, 1.54) is 0 Å². The molecule has 0 fully saturated rings. The first-order valence-corrected chi connectivity index (χ1v) is 7.10. The van der Waals surface area contributed by atoms with Crippen LogP contribution in [0.4, 0.5) is 11.4 Å². The number of hydrogen-bond acceptors (Lipinski definition) is 3. The molecule has 0 spiro atoms. The van der Waals surface area contributed by atoms with E-state index in [1.807, 2.05) is 19.1 Å². The molecule has 1 aromatic rings. The fraction of sp³-hybridized carbons (Fsp3) is 0.600. The van der Waals surface area contributed by atoms with Crippen molar-refractivity contribution in [2.45, 2.75) is 58.9 Å². The van der Waals surface area contributed by atoms with Gasteiger partial charge in [0.1, 0.15) is 5.69 Å². The molecule has 19 heavy (non-hydrogen) atoms. The Hall–Kier alpha value is -1.58. The molecule has 1 unspecified atom stereocenters. The van der Waals surface area contributed by atoms with Gasteiger partial charge in [0.15, 0.2) is 0 Å². The zero-order valence-corrected chi connectivity index (χ0v) is 12.1. The lowest BCUT2D eigenvalue weighted by molar-refractivity contribution is -0.384. The quantitative estimate of drug-likeness (QED) is 0.548. The van der Waals surface area contributed by atoms with Crippen LogP contribution in [-0.4, -0.2) is 11.0 Å². The van der Waals surface area contributed by atoms with Crippen LogP contribution in [0.1, 0.15) is 51.5 Å². The van der Waals surface area contributed by atoms with E-state index >= 15 is 0 Å². The van der Waals surface area contributed by atoms with E-state index in [0.717, 1.165) is 37.7 Å². The first-order chi connectivity index (χ1) is 9.08. The van der Waals surface area contributed by atoms with Gasteiger partial charge < -0.3 is 5.32 Å². The second-order valence-electron chi connectivity index (χ2n) is 5.05. The third-order valence-electron chi connectivity index (χ3n) is 3.25.